The molecule has 6 nitrogen and oxygen atoms in total. The van der Waals surface area contributed by atoms with Crippen LogP contribution in [0.1, 0.15) is 24.5 Å². The number of aliphatic hydroxyl groups excluding tert-OH is 1. The van der Waals surface area contributed by atoms with Crippen LogP contribution in [0.15, 0.2) is 18.3 Å². The molecule has 0 aliphatic carbocycles. The van der Waals surface area contributed by atoms with E-state index in [2.05, 4.69) is 14.9 Å². The van der Waals surface area contributed by atoms with Crippen molar-refractivity contribution >= 4 is 22.6 Å². The average Bonchev–Trinajstić information content (AvgIpc) is 2.61. The third-order valence-corrected chi connectivity index (χ3v) is 4.92. The van der Waals surface area contributed by atoms with Gasteiger partial charge in [0, 0.05) is 23.7 Å². The van der Waals surface area contributed by atoms with Gasteiger partial charge >= 0.3 is 0 Å². The van der Waals surface area contributed by atoms with E-state index in [1.807, 2.05) is 0 Å². The lowest BCUT2D eigenvalue weighted by atomic mass is 9.97. The van der Waals surface area contributed by atoms with Gasteiger partial charge in [0.25, 0.3) is 0 Å². The first-order chi connectivity index (χ1) is 11.6. The molecule has 0 saturated carbocycles. The minimum atomic E-state index is -0.737. The van der Waals surface area contributed by atoms with Crippen LogP contribution in [0.25, 0.3) is 11.0 Å². The second kappa shape index (κ2) is 7.61. The van der Waals surface area contributed by atoms with Gasteiger partial charge < -0.3 is 20.5 Å². The minimum absolute atomic E-state index is 0.402. The molecular formula is C17H23ClN4O2. The summed E-state index contributed by atoms with van der Waals surface area (Å²) in [5.41, 5.74) is 7.67. The number of fused-ring (bicyclic) bond motifs is 1. The van der Waals surface area contributed by atoms with E-state index in [0.29, 0.717) is 46.5 Å². The summed E-state index contributed by atoms with van der Waals surface area (Å²) < 4.78 is 5.15. The summed E-state index contributed by atoms with van der Waals surface area (Å²) in [6, 6.07) is 3.55. The van der Waals surface area contributed by atoms with Crippen LogP contribution in [0.4, 0.5) is 0 Å². The fourth-order valence-electron chi connectivity index (χ4n) is 3.32. The number of piperidine rings is 1. The van der Waals surface area contributed by atoms with Crippen molar-refractivity contribution < 1.29 is 9.84 Å². The second-order valence-corrected chi connectivity index (χ2v) is 6.67. The number of likely N-dealkylation sites (tertiary alicyclic amines) is 1. The van der Waals surface area contributed by atoms with Gasteiger partial charge in [0.05, 0.1) is 24.9 Å². The molecule has 0 spiro atoms. The molecule has 0 amide bonds. The first-order valence-corrected chi connectivity index (χ1v) is 8.59. The van der Waals surface area contributed by atoms with E-state index in [9.17, 15) is 5.11 Å². The first kappa shape index (κ1) is 17.4. The third-order valence-electron chi connectivity index (χ3n) is 4.59. The molecule has 2 unspecified atom stereocenters. The molecule has 1 aromatic heterocycles. The number of halogens is 1. The molecular weight excluding hydrogens is 328 g/mol. The Balaban J connectivity index is 1.88. The number of aromatic nitrogens is 2. The second-order valence-electron chi connectivity index (χ2n) is 6.26. The molecule has 1 aliphatic heterocycles. The maximum absolute atomic E-state index is 10.8. The Labute approximate surface area is 146 Å². The summed E-state index contributed by atoms with van der Waals surface area (Å²) in [4.78, 5) is 11.0. The van der Waals surface area contributed by atoms with Gasteiger partial charge in [-0.2, -0.15) is 0 Å². The predicted molar refractivity (Wildman–Crippen MR) is 94.3 cm³/mol. The molecule has 0 radical (unpaired) electrons. The topological polar surface area (TPSA) is 84.5 Å². The number of nitrogens with zero attached hydrogens (tertiary/aromatic N) is 3. The molecule has 2 atom stereocenters. The number of hydrogen-bond donors (Lipinski definition) is 2. The summed E-state index contributed by atoms with van der Waals surface area (Å²) in [5, 5.41) is 11.3. The largest absolute Gasteiger partial charge is 0.480 e. The summed E-state index contributed by atoms with van der Waals surface area (Å²) in [6.45, 7) is 3.06. The van der Waals surface area contributed by atoms with Gasteiger partial charge in [-0.1, -0.05) is 11.6 Å². The van der Waals surface area contributed by atoms with Crippen LogP contribution in [0.2, 0.25) is 5.02 Å². The van der Waals surface area contributed by atoms with Gasteiger partial charge in [-0.3, -0.25) is 0 Å². The average molecular weight is 351 g/mol. The van der Waals surface area contributed by atoms with E-state index >= 15 is 0 Å². The summed E-state index contributed by atoms with van der Waals surface area (Å²) in [5.74, 6) is 0.896. The van der Waals surface area contributed by atoms with Gasteiger partial charge in [0.1, 0.15) is 5.52 Å². The third kappa shape index (κ3) is 3.62. The number of aliphatic hydroxyl groups is 1. The standard InChI is InChI=1S/C17H23ClN4O2/c1-24-15-8-20-13-5-4-12(18)16(17(13)21-15)14(23)10-22-6-2-3-11(7-19)9-22/h4-5,8,11,14,23H,2-3,6-7,9-10,19H2,1H3. The molecule has 3 rings (SSSR count). The molecule has 130 valence electrons. The van der Waals surface area contributed by atoms with Crippen molar-refractivity contribution in [3.8, 4) is 5.88 Å². The summed E-state index contributed by atoms with van der Waals surface area (Å²) in [7, 11) is 1.54. The molecule has 2 heterocycles. The summed E-state index contributed by atoms with van der Waals surface area (Å²) in [6.07, 6.45) is 3.08. The van der Waals surface area contributed by atoms with E-state index in [1.54, 1.807) is 18.3 Å². The normalized spacial score (nSPS) is 20.2. The molecule has 1 aliphatic rings. The Hall–Kier alpha value is -1.47. The van der Waals surface area contributed by atoms with Crippen LogP contribution in [-0.2, 0) is 0 Å². The number of methoxy groups -OCH3 is 1. The molecule has 1 fully saturated rings. The molecule has 7 heteroatoms. The lowest BCUT2D eigenvalue weighted by Crippen LogP contribution is -2.40. The van der Waals surface area contributed by atoms with E-state index in [4.69, 9.17) is 22.1 Å². The lowest BCUT2D eigenvalue weighted by molar-refractivity contribution is 0.0866. The van der Waals surface area contributed by atoms with Crippen molar-refractivity contribution in [2.75, 3.05) is 33.3 Å². The van der Waals surface area contributed by atoms with Crippen LogP contribution in [-0.4, -0.2) is 53.3 Å². The molecule has 2 aromatic rings. The van der Waals surface area contributed by atoms with Gasteiger partial charge in [-0.25, -0.2) is 9.97 Å². The zero-order valence-corrected chi connectivity index (χ0v) is 14.5. The number of benzene rings is 1. The maximum atomic E-state index is 10.8. The van der Waals surface area contributed by atoms with Gasteiger partial charge in [0.2, 0.25) is 5.88 Å². The number of rotatable bonds is 5. The van der Waals surface area contributed by atoms with E-state index in [1.165, 1.54) is 7.11 Å². The lowest BCUT2D eigenvalue weighted by Gasteiger charge is -2.33. The van der Waals surface area contributed by atoms with E-state index in [-0.39, 0.29) is 0 Å². The Kier molecular flexibility index (Phi) is 5.50. The van der Waals surface area contributed by atoms with Crippen LogP contribution in [0.5, 0.6) is 5.88 Å². The highest BCUT2D eigenvalue weighted by Gasteiger charge is 2.24. The highest BCUT2D eigenvalue weighted by Crippen LogP contribution is 2.31. The Morgan fingerprint density at radius 2 is 2.33 bits per heavy atom. The van der Waals surface area contributed by atoms with Gasteiger partial charge in [-0.05, 0) is 44.0 Å². The van der Waals surface area contributed by atoms with Crippen LogP contribution >= 0.6 is 11.6 Å². The molecule has 3 N–H and O–H groups in total. The smallest absolute Gasteiger partial charge is 0.232 e. The van der Waals surface area contributed by atoms with Crippen LogP contribution < -0.4 is 10.5 Å². The summed E-state index contributed by atoms with van der Waals surface area (Å²) >= 11 is 6.36. The van der Waals surface area contributed by atoms with Crippen LogP contribution in [0.3, 0.4) is 0 Å². The number of ether oxygens (including phenoxy) is 1. The Bertz CT molecular complexity index is 712. The van der Waals surface area contributed by atoms with Crippen LogP contribution in [0, 0.1) is 5.92 Å². The monoisotopic (exact) mass is 350 g/mol. The van der Waals surface area contributed by atoms with Gasteiger partial charge in [0.15, 0.2) is 0 Å². The SMILES string of the molecule is COc1cnc2ccc(Cl)c(C(O)CN3CCCC(CN)C3)c2n1. The predicted octanol–water partition coefficient (Wildman–Crippen LogP) is 2.00. The van der Waals surface area contributed by atoms with Crippen molar-refractivity contribution in [2.45, 2.75) is 18.9 Å². The molecule has 24 heavy (non-hydrogen) atoms. The fourth-order valence-corrected chi connectivity index (χ4v) is 3.60. The fraction of sp³-hybridized carbons (Fsp3) is 0.529. The van der Waals surface area contributed by atoms with Crippen molar-refractivity contribution in [1.29, 1.82) is 0 Å². The van der Waals surface area contributed by atoms with Crippen molar-refractivity contribution in [1.82, 2.24) is 14.9 Å². The molecule has 1 saturated heterocycles. The van der Waals surface area contributed by atoms with E-state index < -0.39 is 6.10 Å². The highest BCUT2D eigenvalue weighted by molar-refractivity contribution is 6.32. The van der Waals surface area contributed by atoms with Crippen molar-refractivity contribution in [3.63, 3.8) is 0 Å². The van der Waals surface area contributed by atoms with Crippen molar-refractivity contribution in [2.24, 2.45) is 11.7 Å². The molecule has 0 bridgehead atoms. The van der Waals surface area contributed by atoms with Gasteiger partial charge in [-0.15, -0.1) is 0 Å². The highest BCUT2D eigenvalue weighted by atomic mass is 35.5. The first-order valence-electron chi connectivity index (χ1n) is 8.22. The van der Waals surface area contributed by atoms with E-state index in [0.717, 1.165) is 25.9 Å². The van der Waals surface area contributed by atoms with Crippen molar-refractivity contribution in [3.05, 3.63) is 28.9 Å². The number of hydrogen-bond acceptors (Lipinski definition) is 6. The quantitative estimate of drug-likeness (QED) is 0.858. The minimum Gasteiger partial charge on any atom is -0.480 e. The zero-order chi connectivity index (χ0) is 17.1. The maximum Gasteiger partial charge on any atom is 0.232 e. The number of β-amino-alcohol motifs (C(OH)–C–C–N with tert-alkyl or cyclic N) is 1. The zero-order valence-electron chi connectivity index (χ0n) is 13.8. The Morgan fingerprint density at radius 1 is 1.50 bits per heavy atom. The Morgan fingerprint density at radius 3 is 3.08 bits per heavy atom. The number of nitrogens with two attached hydrogens (primary N) is 1. The molecule has 1 aromatic carbocycles.